The van der Waals surface area contributed by atoms with Crippen LogP contribution in [0.3, 0.4) is 0 Å². The Kier molecular flexibility index (Phi) is 7.69. The van der Waals surface area contributed by atoms with Gasteiger partial charge in [-0.25, -0.2) is 4.68 Å². The Bertz CT molecular complexity index is 437. The second-order valence-corrected chi connectivity index (χ2v) is 4.98. The van der Waals surface area contributed by atoms with Crippen molar-refractivity contribution in [3.8, 4) is 0 Å². The molecule has 108 valence electrons. The molecule has 19 heavy (non-hydrogen) atoms. The van der Waals surface area contributed by atoms with E-state index in [0.29, 0.717) is 10.2 Å². The van der Waals surface area contributed by atoms with E-state index in [9.17, 15) is 4.79 Å². The molecule has 0 aliphatic rings. The molecule has 0 spiro atoms. The third-order valence-electron chi connectivity index (χ3n) is 2.70. The largest absolute Gasteiger partial charge is 0.396 e. The molecule has 1 heterocycles. The molecule has 0 saturated heterocycles. The zero-order valence-electron chi connectivity index (χ0n) is 10.8. The van der Waals surface area contributed by atoms with E-state index >= 15 is 0 Å². The topological polar surface area (TPSA) is 87.4 Å². The number of unbranched alkanes of at least 4 members (excludes halogenated alkanes) is 3. The molecule has 0 bridgehead atoms. The van der Waals surface area contributed by atoms with Gasteiger partial charge >= 0.3 is 0 Å². The maximum absolute atomic E-state index is 11.8. The van der Waals surface area contributed by atoms with Crippen LogP contribution in [0, 0.1) is 0 Å². The van der Waals surface area contributed by atoms with Gasteiger partial charge in [-0.3, -0.25) is 4.79 Å². The number of hydrogen-bond acceptors (Lipinski definition) is 5. The van der Waals surface area contributed by atoms with E-state index in [0.717, 1.165) is 32.2 Å². The summed E-state index contributed by atoms with van der Waals surface area (Å²) in [4.78, 5) is 11.8. The van der Waals surface area contributed by atoms with Crippen molar-refractivity contribution < 1.29 is 10.2 Å². The summed E-state index contributed by atoms with van der Waals surface area (Å²) in [5.41, 5.74) is 0.417. The van der Waals surface area contributed by atoms with Gasteiger partial charge in [-0.05, 0) is 28.8 Å². The second kappa shape index (κ2) is 9.06. The summed E-state index contributed by atoms with van der Waals surface area (Å²) in [6, 6.07) is 0. The molecule has 0 aliphatic heterocycles. The first-order valence-electron chi connectivity index (χ1n) is 6.42. The van der Waals surface area contributed by atoms with E-state index in [1.54, 1.807) is 6.20 Å². The van der Waals surface area contributed by atoms with Gasteiger partial charge in [-0.2, -0.15) is 5.10 Å². The lowest BCUT2D eigenvalue weighted by atomic mass is 10.2. The van der Waals surface area contributed by atoms with Gasteiger partial charge in [-0.15, -0.1) is 0 Å². The zero-order valence-corrected chi connectivity index (χ0v) is 12.4. The van der Waals surface area contributed by atoms with Gasteiger partial charge in [0.2, 0.25) is 0 Å². The highest BCUT2D eigenvalue weighted by atomic mass is 79.9. The normalized spacial score (nSPS) is 10.7. The minimum Gasteiger partial charge on any atom is -0.396 e. The highest BCUT2D eigenvalue weighted by Crippen LogP contribution is 2.16. The van der Waals surface area contributed by atoms with E-state index in [4.69, 9.17) is 10.2 Å². The first-order chi connectivity index (χ1) is 9.20. The summed E-state index contributed by atoms with van der Waals surface area (Å²) in [6.07, 6.45) is 5.44. The number of aliphatic hydroxyl groups excluding tert-OH is 2. The molecule has 1 aromatic heterocycles. The summed E-state index contributed by atoms with van der Waals surface area (Å²) in [5.74, 6) is 0. The third kappa shape index (κ3) is 5.30. The maximum Gasteiger partial charge on any atom is 0.283 e. The molecule has 1 rings (SSSR count). The van der Waals surface area contributed by atoms with Crippen LogP contribution < -0.4 is 10.9 Å². The fourth-order valence-corrected chi connectivity index (χ4v) is 2.10. The summed E-state index contributed by atoms with van der Waals surface area (Å²) in [5, 5.41) is 24.6. The molecule has 0 unspecified atom stereocenters. The molecule has 7 heteroatoms. The first-order valence-corrected chi connectivity index (χ1v) is 7.21. The van der Waals surface area contributed by atoms with E-state index in [1.807, 2.05) is 0 Å². The molecule has 0 fully saturated rings. The Labute approximate surface area is 120 Å². The lowest BCUT2D eigenvalue weighted by Gasteiger charge is -2.09. The van der Waals surface area contributed by atoms with Gasteiger partial charge in [0.05, 0.1) is 25.0 Å². The molecule has 0 amide bonds. The Balaban J connectivity index is 2.46. The molecule has 1 aromatic rings. The van der Waals surface area contributed by atoms with E-state index < -0.39 is 0 Å². The van der Waals surface area contributed by atoms with Crippen LogP contribution in [0.25, 0.3) is 0 Å². The third-order valence-corrected chi connectivity index (χ3v) is 3.46. The molecule has 3 N–H and O–H groups in total. The lowest BCUT2D eigenvalue weighted by molar-refractivity contribution is 0.266. The number of nitrogens with zero attached hydrogens (tertiary/aromatic N) is 2. The van der Waals surface area contributed by atoms with Crippen molar-refractivity contribution >= 4 is 21.6 Å². The summed E-state index contributed by atoms with van der Waals surface area (Å²) in [7, 11) is 0. The van der Waals surface area contributed by atoms with Crippen LogP contribution in [0.15, 0.2) is 15.5 Å². The fourth-order valence-electron chi connectivity index (χ4n) is 1.66. The smallest absolute Gasteiger partial charge is 0.283 e. The lowest BCUT2D eigenvalue weighted by Crippen LogP contribution is -2.26. The van der Waals surface area contributed by atoms with Crippen LogP contribution in [0.5, 0.6) is 0 Å². The van der Waals surface area contributed by atoms with Crippen molar-refractivity contribution in [2.45, 2.75) is 32.2 Å². The molecule has 0 aliphatic carbocycles. The van der Waals surface area contributed by atoms with Gasteiger partial charge < -0.3 is 15.5 Å². The van der Waals surface area contributed by atoms with Crippen molar-refractivity contribution in [1.29, 1.82) is 0 Å². The number of halogens is 1. The highest BCUT2D eigenvalue weighted by Gasteiger charge is 2.07. The number of anilines is 1. The van der Waals surface area contributed by atoms with Gasteiger partial charge in [0, 0.05) is 13.2 Å². The molecular weight excluding hydrogens is 314 g/mol. The standard InChI is InChI=1S/C12H20BrN3O3/c13-11-10(14-5-3-1-2-4-7-17)9-15-16(6-8-18)12(11)19/h9,14,17-18H,1-8H2. The van der Waals surface area contributed by atoms with Crippen molar-refractivity contribution in [2.75, 3.05) is 25.1 Å². The van der Waals surface area contributed by atoms with Crippen LogP contribution in [0.2, 0.25) is 0 Å². The molecule has 0 aromatic carbocycles. The summed E-state index contributed by atoms with van der Waals surface area (Å²) in [6.45, 7) is 1.08. The van der Waals surface area contributed by atoms with Crippen LogP contribution in [0.1, 0.15) is 25.7 Å². The summed E-state index contributed by atoms with van der Waals surface area (Å²) < 4.78 is 1.66. The average Bonchev–Trinajstić information content (AvgIpc) is 2.41. The SMILES string of the molecule is O=c1c(Br)c(NCCCCCCO)cnn1CCO. The van der Waals surface area contributed by atoms with Gasteiger partial charge in [0.1, 0.15) is 4.47 Å². The molecule has 0 atom stereocenters. The highest BCUT2D eigenvalue weighted by molar-refractivity contribution is 9.10. The van der Waals surface area contributed by atoms with Crippen molar-refractivity contribution in [3.63, 3.8) is 0 Å². The predicted molar refractivity (Wildman–Crippen MR) is 77.3 cm³/mol. The molecule has 0 saturated carbocycles. The second-order valence-electron chi connectivity index (χ2n) is 4.19. The average molecular weight is 334 g/mol. The summed E-state index contributed by atoms with van der Waals surface area (Å²) >= 11 is 3.24. The van der Waals surface area contributed by atoms with Gasteiger partial charge in [0.25, 0.3) is 5.56 Å². The molecule has 0 radical (unpaired) electrons. The quantitative estimate of drug-likeness (QED) is 0.586. The monoisotopic (exact) mass is 333 g/mol. The first kappa shape index (κ1) is 16.1. The van der Waals surface area contributed by atoms with Gasteiger partial charge in [0.15, 0.2) is 0 Å². The number of hydrogen-bond donors (Lipinski definition) is 3. The van der Waals surface area contributed by atoms with Crippen LogP contribution >= 0.6 is 15.9 Å². The van der Waals surface area contributed by atoms with Crippen LogP contribution in [-0.4, -0.2) is 39.8 Å². The minimum atomic E-state index is -0.251. The Morgan fingerprint density at radius 3 is 2.63 bits per heavy atom. The van der Waals surface area contributed by atoms with E-state index in [-0.39, 0.29) is 25.3 Å². The van der Waals surface area contributed by atoms with Gasteiger partial charge in [-0.1, -0.05) is 12.8 Å². The van der Waals surface area contributed by atoms with E-state index in [1.165, 1.54) is 4.68 Å². The number of aromatic nitrogens is 2. The Hall–Kier alpha value is -0.920. The zero-order chi connectivity index (χ0) is 14.1. The minimum absolute atomic E-state index is 0.114. The number of rotatable bonds is 9. The van der Waals surface area contributed by atoms with Crippen molar-refractivity contribution in [3.05, 3.63) is 21.0 Å². The number of aliphatic hydroxyl groups is 2. The van der Waals surface area contributed by atoms with Crippen molar-refractivity contribution in [2.24, 2.45) is 0 Å². The Morgan fingerprint density at radius 2 is 1.95 bits per heavy atom. The molecular formula is C12H20BrN3O3. The maximum atomic E-state index is 11.8. The fraction of sp³-hybridized carbons (Fsp3) is 0.667. The van der Waals surface area contributed by atoms with Crippen LogP contribution in [-0.2, 0) is 6.54 Å². The van der Waals surface area contributed by atoms with E-state index in [2.05, 4.69) is 26.3 Å². The molecule has 6 nitrogen and oxygen atoms in total. The van der Waals surface area contributed by atoms with Crippen LogP contribution in [0.4, 0.5) is 5.69 Å². The van der Waals surface area contributed by atoms with Crippen molar-refractivity contribution in [1.82, 2.24) is 9.78 Å². The number of nitrogens with one attached hydrogen (secondary N) is 1. The Morgan fingerprint density at radius 1 is 1.21 bits per heavy atom. The predicted octanol–water partition coefficient (Wildman–Crippen LogP) is 0.963.